The summed E-state index contributed by atoms with van der Waals surface area (Å²) in [4.78, 5) is 30.2. The van der Waals surface area contributed by atoms with Crippen LogP contribution in [0.25, 0.3) is 21.4 Å². The van der Waals surface area contributed by atoms with E-state index in [-0.39, 0.29) is 5.91 Å². The van der Waals surface area contributed by atoms with Crippen molar-refractivity contribution in [2.45, 2.75) is 32.6 Å². The second kappa shape index (κ2) is 14.8. The van der Waals surface area contributed by atoms with Crippen molar-refractivity contribution < 1.29 is 9.53 Å². The van der Waals surface area contributed by atoms with Crippen molar-refractivity contribution in [3.8, 4) is 11.8 Å². The van der Waals surface area contributed by atoms with Crippen molar-refractivity contribution in [3.63, 3.8) is 0 Å². The zero-order valence-corrected chi connectivity index (χ0v) is 27.4. The highest BCUT2D eigenvalue weighted by atomic mass is 32.1. The summed E-state index contributed by atoms with van der Waals surface area (Å²) in [6.45, 7) is 8.94. The topological polar surface area (TPSA) is 83.7 Å². The molecule has 0 unspecified atom stereocenters. The van der Waals surface area contributed by atoms with Crippen LogP contribution in [0.4, 0.5) is 5.95 Å². The van der Waals surface area contributed by atoms with Gasteiger partial charge in [0.15, 0.2) is 5.65 Å². The van der Waals surface area contributed by atoms with Crippen molar-refractivity contribution in [1.82, 2.24) is 33.2 Å². The number of aryl methyl sites for hydroxylation is 2. The molecule has 0 saturated carbocycles. The zero-order chi connectivity index (χ0) is 31.1. The van der Waals surface area contributed by atoms with Crippen LogP contribution in [-0.2, 0) is 23.6 Å². The molecule has 3 aromatic rings. The second-order valence-electron chi connectivity index (χ2n) is 11.4. The lowest BCUT2D eigenvalue weighted by Crippen LogP contribution is -2.45. The maximum atomic E-state index is 13.8. The SMILES string of the molecule is CCCN(CCCN1CCN(C)CC1)C(=O)/C1=C/C(OC)=C(/Nc2ncc3c(n2)n(C)c2ccccc2sn3C)CC#CC1. The zero-order valence-electron chi connectivity index (χ0n) is 26.6. The van der Waals surface area contributed by atoms with Crippen LogP contribution in [-0.4, -0.2) is 99.1 Å². The van der Waals surface area contributed by atoms with E-state index in [1.54, 1.807) is 18.6 Å². The van der Waals surface area contributed by atoms with Crippen LogP contribution in [0.5, 0.6) is 0 Å². The molecule has 3 heterocycles. The summed E-state index contributed by atoms with van der Waals surface area (Å²) in [6, 6.07) is 8.27. The van der Waals surface area contributed by atoms with E-state index < -0.39 is 0 Å². The highest BCUT2D eigenvalue weighted by Crippen LogP contribution is 2.24. The van der Waals surface area contributed by atoms with E-state index >= 15 is 0 Å². The van der Waals surface area contributed by atoms with Gasteiger partial charge in [-0.2, -0.15) is 4.98 Å². The average Bonchev–Trinajstić information content (AvgIpc) is 3.12. The van der Waals surface area contributed by atoms with Gasteiger partial charge in [0.25, 0.3) is 5.91 Å². The molecule has 1 saturated heterocycles. The molecule has 10 nitrogen and oxygen atoms in total. The Labute approximate surface area is 264 Å². The van der Waals surface area contributed by atoms with Crippen molar-refractivity contribution in [2.75, 3.05) is 65.3 Å². The molecular formula is C33H44N8O2S. The van der Waals surface area contributed by atoms with Crippen LogP contribution in [0.2, 0.25) is 0 Å². The third-order valence-electron chi connectivity index (χ3n) is 8.18. The van der Waals surface area contributed by atoms with Gasteiger partial charge in [0.2, 0.25) is 5.95 Å². The summed E-state index contributed by atoms with van der Waals surface area (Å²) in [5, 5.41) is 3.37. The lowest BCUT2D eigenvalue weighted by Gasteiger charge is -2.33. The van der Waals surface area contributed by atoms with E-state index in [1.165, 1.54) is 0 Å². The molecule has 1 N–H and O–H groups in total. The number of anilines is 1. The molecule has 2 aromatic heterocycles. The maximum absolute atomic E-state index is 13.8. The number of aromatic nitrogens is 4. The number of fused-ring (bicyclic) bond motifs is 2. The summed E-state index contributed by atoms with van der Waals surface area (Å²) < 4.78 is 11.1. The molecule has 1 aromatic carbocycles. The number of allylic oxidation sites excluding steroid dienone is 2. The summed E-state index contributed by atoms with van der Waals surface area (Å²) in [5.41, 5.74) is 4.14. The van der Waals surface area contributed by atoms with Crippen LogP contribution in [0.1, 0.15) is 32.6 Å². The molecule has 44 heavy (non-hydrogen) atoms. The number of methoxy groups -OCH3 is 1. The van der Waals surface area contributed by atoms with Crippen LogP contribution in [0.15, 0.2) is 53.6 Å². The van der Waals surface area contributed by atoms with Gasteiger partial charge in [0.05, 0.1) is 35.6 Å². The predicted octanol–water partition coefficient (Wildman–Crippen LogP) is 4.52. The van der Waals surface area contributed by atoms with E-state index in [9.17, 15) is 4.79 Å². The molecule has 1 aliphatic carbocycles. The first kappa shape index (κ1) is 31.6. The largest absolute Gasteiger partial charge is 0.495 e. The van der Waals surface area contributed by atoms with E-state index in [1.807, 2.05) is 43.4 Å². The normalized spacial score (nSPS) is 19.0. The number of amides is 1. The summed E-state index contributed by atoms with van der Waals surface area (Å²) >= 11 is 1.65. The standard InChI is InChI=1S/C33H44N8O2S/c1-6-16-41(18-11-17-40-21-19-37(2)20-22-40)32(42)25-12-7-8-13-26(29(23-25)43-5)35-33-34-24-28-31(36-33)38(3)27-14-9-10-15-30(27)44-39(28)4/h9-10,14-15,23-24H,6,11-13,16-22H2,1-5H3,(H,34,35,36)/b25-23+,29-26-. The minimum atomic E-state index is 0.0254. The second-order valence-corrected chi connectivity index (χ2v) is 12.5. The van der Waals surface area contributed by atoms with E-state index in [2.05, 4.69) is 66.6 Å². The molecule has 0 bridgehead atoms. The smallest absolute Gasteiger partial charge is 0.250 e. The third kappa shape index (κ3) is 7.44. The third-order valence-corrected chi connectivity index (χ3v) is 9.19. The number of hydrogen-bond acceptors (Lipinski definition) is 8. The van der Waals surface area contributed by atoms with Gasteiger partial charge in [-0.25, -0.2) is 4.98 Å². The van der Waals surface area contributed by atoms with Gasteiger partial charge in [-0.1, -0.05) is 42.4 Å². The fourth-order valence-electron chi connectivity index (χ4n) is 5.61. The minimum absolute atomic E-state index is 0.0254. The molecule has 234 valence electrons. The molecule has 0 atom stereocenters. The molecule has 5 rings (SSSR count). The first-order valence-corrected chi connectivity index (χ1v) is 16.2. The highest BCUT2D eigenvalue weighted by molar-refractivity contribution is 7.13. The maximum Gasteiger partial charge on any atom is 0.250 e. The molecule has 11 heteroatoms. The fourth-order valence-corrected chi connectivity index (χ4v) is 6.57. The Hall–Kier alpha value is -3.85. The van der Waals surface area contributed by atoms with Crippen molar-refractivity contribution >= 4 is 44.8 Å². The number of nitrogens with zero attached hydrogens (tertiary/aromatic N) is 7. The van der Waals surface area contributed by atoms with E-state index in [0.29, 0.717) is 30.1 Å². The first-order chi connectivity index (χ1) is 21.4. The average molecular weight is 617 g/mol. The fraction of sp³-hybridized carbons (Fsp3) is 0.485. The molecular weight excluding hydrogens is 572 g/mol. The predicted molar refractivity (Wildman–Crippen MR) is 179 cm³/mol. The number of para-hydroxylation sites is 1. The first-order valence-electron chi connectivity index (χ1n) is 15.4. The summed E-state index contributed by atoms with van der Waals surface area (Å²) in [5.74, 6) is 7.46. The molecule has 2 aliphatic rings. The monoisotopic (exact) mass is 616 g/mol. The van der Waals surface area contributed by atoms with Crippen LogP contribution < -0.4 is 5.32 Å². The Kier molecular flexibility index (Phi) is 10.6. The molecule has 1 aliphatic heterocycles. The number of benzene rings is 1. The molecule has 1 amide bonds. The van der Waals surface area contributed by atoms with Crippen molar-refractivity contribution in [3.05, 3.63) is 53.6 Å². The number of rotatable bonds is 10. The van der Waals surface area contributed by atoms with Crippen LogP contribution >= 0.6 is 11.5 Å². The van der Waals surface area contributed by atoms with Gasteiger partial charge in [-0.3, -0.25) is 8.75 Å². The number of likely N-dealkylation sites (N-methyl/N-ethyl adjacent to an activating group) is 1. The van der Waals surface area contributed by atoms with Gasteiger partial charge in [0, 0.05) is 65.4 Å². The van der Waals surface area contributed by atoms with Gasteiger partial charge >= 0.3 is 0 Å². The lowest BCUT2D eigenvalue weighted by molar-refractivity contribution is -0.127. The minimum Gasteiger partial charge on any atom is -0.495 e. The highest BCUT2D eigenvalue weighted by Gasteiger charge is 2.21. The van der Waals surface area contributed by atoms with Gasteiger partial charge in [-0.15, -0.1) is 0 Å². The number of ether oxygens (including phenoxy) is 1. The van der Waals surface area contributed by atoms with Gasteiger partial charge in [-0.05, 0) is 44.6 Å². The number of carbonyl (C=O) groups excluding carboxylic acids is 1. The summed E-state index contributed by atoms with van der Waals surface area (Å²) in [6.07, 6.45) is 6.35. The Morgan fingerprint density at radius 3 is 2.61 bits per heavy atom. The molecule has 0 spiro atoms. The lowest BCUT2D eigenvalue weighted by atomic mass is 10.1. The Morgan fingerprint density at radius 2 is 1.84 bits per heavy atom. The van der Waals surface area contributed by atoms with E-state index in [4.69, 9.17) is 9.72 Å². The quantitative estimate of drug-likeness (QED) is 0.336. The van der Waals surface area contributed by atoms with Crippen LogP contribution in [0.3, 0.4) is 0 Å². The summed E-state index contributed by atoms with van der Waals surface area (Å²) in [7, 11) is 7.83. The molecule has 0 radical (unpaired) electrons. The Balaban J connectivity index is 1.39. The number of piperazine rings is 1. The van der Waals surface area contributed by atoms with E-state index in [0.717, 1.165) is 85.7 Å². The molecule has 1 fully saturated rings. The van der Waals surface area contributed by atoms with Crippen molar-refractivity contribution in [1.29, 1.82) is 0 Å². The van der Waals surface area contributed by atoms with Crippen LogP contribution in [0, 0.1) is 11.8 Å². The number of carbonyl (C=O) groups is 1. The number of hydrogen-bond donors (Lipinski definition) is 1. The Bertz CT molecular complexity index is 1660. The van der Waals surface area contributed by atoms with Crippen molar-refractivity contribution in [2.24, 2.45) is 14.1 Å². The number of nitrogens with one attached hydrogen (secondary N) is 1. The van der Waals surface area contributed by atoms with Gasteiger partial charge < -0.3 is 29.3 Å². The van der Waals surface area contributed by atoms with Gasteiger partial charge in [0.1, 0.15) is 11.3 Å². The Morgan fingerprint density at radius 1 is 1.07 bits per heavy atom.